The lowest BCUT2D eigenvalue weighted by Crippen LogP contribution is -2.17. The van der Waals surface area contributed by atoms with E-state index in [2.05, 4.69) is 10.1 Å². The van der Waals surface area contributed by atoms with Gasteiger partial charge in [0.25, 0.3) is 0 Å². The number of nitrogens with two attached hydrogens (primary N) is 1. The van der Waals surface area contributed by atoms with E-state index in [1.54, 1.807) is 0 Å². The summed E-state index contributed by atoms with van der Waals surface area (Å²) in [7, 11) is -3.90. The van der Waals surface area contributed by atoms with Crippen molar-refractivity contribution < 1.29 is 26.3 Å². The monoisotopic (exact) mass is 385 g/mol. The molecule has 0 saturated heterocycles. The molecule has 0 heterocycles. The molecule has 0 saturated carbocycles. The molecule has 0 unspecified atom stereocenters. The number of alkyl halides is 3. The summed E-state index contributed by atoms with van der Waals surface area (Å²) >= 11 is 0. The summed E-state index contributed by atoms with van der Waals surface area (Å²) in [6.07, 6.45) is -4.27. The van der Waals surface area contributed by atoms with E-state index in [0.717, 1.165) is 5.56 Å². The number of sulfonamides is 1. The molecule has 0 radical (unpaired) electrons. The van der Waals surface area contributed by atoms with Gasteiger partial charge in [0.15, 0.2) is 0 Å². The van der Waals surface area contributed by atoms with E-state index >= 15 is 0 Å². The van der Waals surface area contributed by atoms with Gasteiger partial charge >= 0.3 is 6.36 Å². The van der Waals surface area contributed by atoms with Gasteiger partial charge in [0.2, 0.25) is 10.0 Å². The van der Waals surface area contributed by atoms with Crippen LogP contribution in [-0.4, -0.2) is 21.3 Å². The Bertz CT molecular complexity index is 920. The van der Waals surface area contributed by atoms with E-state index in [9.17, 15) is 21.6 Å². The van der Waals surface area contributed by atoms with Gasteiger partial charge in [-0.3, -0.25) is 0 Å². The molecule has 3 N–H and O–H groups in total. The molecule has 6 nitrogen and oxygen atoms in total. The first kappa shape index (κ1) is 19.6. The Morgan fingerprint density at radius 3 is 2.35 bits per heavy atom. The molecule has 0 spiro atoms. The van der Waals surface area contributed by atoms with Gasteiger partial charge in [-0.05, 0) is 42.3 Å². The first-order chi connectivity index (χ1) is 12.1. The fourth-order valence-corrected chi connectivity index (χ4v) is 2.69. The zero-order valence-corrected chi connectivity index (χ0v) is 14.1. The van der Waals surface area contributed by atoms with Crippen LogP contribution in [0.4, 0.5) is 18.9 Å². The fourth-order valence-electron chi connectivity index (χ4n) is 2.15. The molecule has 138 valence electrons. The van der Waals surface area contributed by atoms with Crippen LogP contribution in [0, 0.1) is 11.3 Å². The van der Waals surface area contributed by atoms with Crippen molar-refractivity contribution in [2.24, 2.45) is 5.14 Å². The first-order valence-corrected chi connectivity index (χ1v) is 8.78. The van der Waals surface area contributed by atoms with Crippen LogP contribution in [-0.2, 0) is 16.4 Å². The van der Waals surface area contributed by atoms with Gasteiger partial charge in [0.05, 0.1) is 16.1 Å². The Morgan fingerprint density at radius 1 is 1.15 bits per heavy atom. The Morgan fingerprint density at radius 2 is 1.81 bits per heavy atom. The summed E-state index contributed by atoms with van der Waals surface area (Å²) in [5.41, 5.74) is 1.30. The molecular formula is C16H14F3N3O3S. The molecule has 26 heavy (non-hydrogen) atoms. The van der Waals surface area contributed by atoms with Crippen molar-refractivity contribution in [2.45, 2.75) is 17.7 Å². The van der Waals surface area contributed by atoms with Crippen molar-refractivity contribution in [3.8, 4) is 11.8 Å². The smallest absolute Gasteiger partial charge is 0.406 e. The topological polar surface area (TPSA) is 105 Å². The van der Waals surface area contributed by atoms with Gasteiger partial charge < -0.3 is 10.1 Å². The molecule has 0 aliphatic rings. The average Bonchev–Trinajstić information content (AvgIpc) is 2.54. The second kappa shape index (κ2) is 7.63. The lowest BCUT2D eigenvalue weighted by molar-refractivity contribution is -0.274. The maximum absolute atomic E-state index is 12.1. The highest BCUT2D eigenvalue weighted by Gasteiger charge is 2.30. The quantitative estimate of drug-likeness (QED) is 0.795. The second-order valence-corrected chi connectivity index (χ2v) is 6.79. The van der Waals surface area contributed by atoms with E-state index in [0.29, 0.717) is 18.7 Å². The van der Waals surface area contributed by atoms with Crippen molar-refractivity contribution in [2.75, 3.05) is 11.9 Å². The summed E-state index contributed by atoms with van der Waals surface area (Å²) in [5, 5.41) is 17.1. The third-order valence-electron chi connectivity index (χ3n) is 3.33. The van der Waals surface area contributed by atoms with Crippen LogP contribution >= 0.6 is 0 Å². The maximum Gasteiger partial charge on any atom is 0.573 e. The predicted molar refractivity (Wildman–Crippen MR) is 87.8 cm³/mol. The normalized spacial score (nSPS) is 11.7. The van der Waals surface area contributed by atoms with Crippen LogP contribution in [0.2, 0.25) is 0 Å². The van der Waals surface area contributed by atoms with E-state index in [4.69, 9.17) is 10.4 Å². The van der Waals surface area contributed by atoms with E-state index in [-0.39, 0.29) is 16.2 Å². The fraction of sp³-hybridized carbons (Fsp3) is 0.188. The number of halogens is 3. The van der Waals surface area contributed by atoms with Gasteiger partial charge in [-0.2, -0.15) is 5.26 Å². The van der Waals surface area contributed by atoms with Gasteiger partial charge in [-0.15, -0.1) is 13.2 Å². The molecule has 0 atom stereocenters. The second-order valence-electron chi connectivity index (χ2n) is 5.23. The number of rotatable bonds is 6. The molecule has 10 heteroatoms. The number of anilines is 1. The maximum atomic E-state index is 12.1. The molecular weight excluding hydrogens is 371 g/mol. The standard InChI is InChI=1S/C16H14F3N3O3S/c17-16(18,19)25-13-3-1-11(2-4-13)7-8-22-15-6-5-14(26(21,23)24)9-12(15)10-20/h1-6,9,22H,7-8H2,(H2,21,23,24). The molecule has 0 aromatic heterocycles. The number of primary sulfonamides is 1. The highest BCUT2D eigenvalue weighted by molar-refractivity contribution is 7.89. The van der Waals surface area contributed by atoms with Crippen molar-refractivity contribution in [3.63, 3.8) is 0 Å². The third kappa shape index (κ3) is 5.65. The van der Waals surface area contributed by atoms with Crippen LogP contribution in [0.15, 0.2) is 47.4 Å². The summed E-state index contributed by atoms with van der Waals surface area (Å²) in [6, 6.07) is 11.2. The Kier molecular flexibility index (Phi) is 5.74. The Hall–Kier alpha value is -2.77. The molecule has 2 rings (SSSR count). The minimum absolute atomic E-state index is 0.116. The molecule has 0 aliphatic carbocycles. The number of nitriles is 1. The zero-order chi connectivity index (χ0) is 19.4. The van der Waals surface area contributed by atoms with Gasteiger partial charge in [0.1, 0.15) is 11.8 Å². The number of nitrogens with zero attached hydrogens (tertiary/aromatic N) is 1. The SMILES string of the molecule is N#Cc1cc(S(N)(=O)=O)ccc1NCCc1ccc(OC(F)(F)F)cc1. The Balaban J connectivity index is 1.99. The van der Waals surface area contributed by atoms with Crippen molar-refractivity contribution in [1.82, 2.24) is 0 Å². The molecule has 2 aromatic carbocycles. The Labute approximate surface area is 148 Å². The van der Waals surface area contributed by atoms with Crippen LogP contribution in [0.5, 0.6) is 5.75 Å². The van der Waals surface area contributed by atoms with Gasteiger partial charge in [0, 0.05) is 6.54 Å². The molecule has 2 aromatic rings. The number of nitrogens with one attached hydrogen (secondary N) is 1. The highest BCUT2D eigenvalue weighted by atomic mass is 32.2. The molecule has 0 aliphatic heterocycles. The van der Waals surface area contributed by atoms with Crippen LogP contribution in [0.3, 0.4) is 0 Å². The van der Waals surface area contributed by atoms with Crippen LogP contribution < -0.4 is 15.2 Å². The molecule has 0 fully saturated rings. The summed E-state index contributed by atoms with van der Waals surface area (Å²) in [5.74, 6) is -0.306. The highest BCUT2D eigenvalue weighted by Crippen LogP contribution is 2.23. The summed E-state index contributed by atoms with van der Waals surface area (Å²) in [6.45, 7) is 0.378. The largest absolute Gasteiger partial charge is 0.573 e. The van der Waals surface area contributed by atoms with Gasteiger partial charge in [-0.25, -0.2) is 13.6 Å². The van der Waals surface area contributed by atoms with Crippen LogP contribution in [0.1, 0.15) is 11.1 Å². The van der Waals surface area contributed by atoms with Gasteiger partial charge in [-0.1, -0.05) is 12.1 Å². The number of benzene rings is 2. The lowest BCUT2D eigenvalue weighted by Gasteiger charge is -2.11. The van der Waals surface area contributed by atoms with Crippen molar-refractivity contribution in [1.29, 1.82) is 5.26 Å². The average molecular weight is 385 g/mol. The van der Waals surface area contributed by atoms with E-state index in [1.807, 2.05) is 6.07 Å². The number of hydrogen-bond acceptors (Lipinski definition) is 5. The zero-order valence-electron chi connectivity index (χ0n) is 13.2. The van der Waals surface area contributed by atoms with Crippen molar-refractivity contribution >= 4 is 15.7 Å². The van der Waals surface area contributed by atoms with Crippen LogP contribution in [0.25, 0.3) is 0 Å². The third-order valence-corrected chi connectivity index (χ3v) is 4.24. The lowest BCUT2D eigenvalue weighted by atomic mass is 10.1. The number of ether oxygens (including phenoxy) is 1. The minimum atomic E-state index is -4.74. The minimum Gasteiger partial charge on any atom is -0.406 e. The predicted octanol–water partition coefficient (Wildman–Crippen LogP) is 2.76. The summed E-state index contributed by atoms with van der Waals surface area (Å²) < 4.78 is 62.7. The van der Waals surface area contributed by atoms with E-state index in [1.165, 1.54) is 42.5 Å². The summed E-state index contributed by atoms with van der Waals surface area (Å²) in [4.78, 5) is -0.167. The molecule has 0 amide bonds. The van der Waals surface area contributed by atoms with Crippen molar-refractivity contribution in [3.05, 3.63) is 53.6 Å². The first-order valence-electron chi connectivity index (χ1n) is 7.24. The van der Waals surface area contributed by atoms with E-state index < -0.39 is 16.4 Å². The molecule has 0 bridgehead atoms. The number of hydrogen-bond donors (Lipinski definition) is 2.